The summed E-state index contributed by atoms with van der Waals surface area (Å²) in [5.41, 5.74) is 0.121. The highest BCUT2D eigenvalue weighted by molar-refractivity contribution is 6.40. The molecule has 0 atom stereocenters. The molecule has 0 aliphatic heterocycles. The Morgan fingerprint density at radius 2 is 1.14 bits per heavy atom. The first-order valence-corrected chi connectivity index (χ1v) is 7.51. The smallest absolute Gasteiger partial charge is 0.187 e. The third-order valence-electron chi connectivity index (χ3n) is 5.08. The molecule has 0 aliphatic rings. The fraction of sp³-hybridized carbons (Fsp3) is 0. The quantitative estimate of drug-likeness (QED) is 0.278. The van der Waals surface area contributed by atoms with Gasteiger partial charge in [0.2, 0.25) is 0 Å². The minimum absolute atomic E-state index is 0.121. The van der Waals surface area contributed by atoms with Crippen molar-refractivity contribution < 1.29 is 0 Å². The summed E-state index contributed by atoms with van der Waals surface area (Å²) in [5.74, 6) is 0. The van der Waals surface area contributed by atoms with Crippen molar-refractivity contribution in [3.05, 3.63) is 70.9 Å². The van der Waals surface area contributed by atoms with E-state index in [2.05, 4.69) is 42.5 Å². The lowest BCUT2D eigenvalue weighted by Crippen LogP contribution is -2.00. The summed E-state index contributed by atoms with van der Waals surface area (Å²) in [6.45, 7) is 0. The highest BCUT2D eigenvalue weighted by Crippen LogP contribution is 2.44. The van der Waals surface area contributed by atoms with Crippen LogP contribution in [0.3, 0.4) is 0 Å². The van der Waals surface area contributed by atoms with Crippen LogP contribution in [0.25, 0.3) is 53.9 Å². The highest BCUT2D eigenvalue weighted by atomic mass is 16.1. The first kappa shape index (κ1) is 10.7. The maximum atomic E-state index is 12.5. The molecule has 0 heterocycles. The molecule has 1 nitrogen and oxygen atoms in total. The van der Waals surface area contributed by atoms with E-state index in [-0.39, 0.29) is 5.43 Å². The molecule has 0 fully saturated rings. The van der Waals surface area contributed by atoms with Crippen LogP contribution in [-0.4, -0.2) is 0 Å². The number of fused-ring (bicyclic) bond motifs is 1. The Morgan fingerprint density at radius 1 is 0.500 bits per heavy atom. The molecule has 0 amide bonds. The number of rotatable bonds is 0. The Kier molecular flexibility index (Phi) is 1.60. The fourth-order valence-corrected chi connectivity index (χ4v) is 4.25. The van der Waals surface area contributed by atoms with E-state index in [0.29, 0.717) is 0 Å². The zero-order valence-electron chi connectivity index (χ0n) is 11.7. The Hall–Kier alpha value is -2.93. The van der Waals surface area contributed by atoms with Crippen LogP contribution in [0.15, 0.2) is 65.5 Å². The van der Waals surface area contributed by atoms with Gasteiger partial charge in [-0.1, -0.05) is 42.5 Å². The average molecular weight is 278 g/mol. The molecule has 22 heavy (non-hydrogen) atoms. The Bertz CT molecular complexity index is 1370. The van der Waals surface area contributed by atoms with E-state index >= 15 is 0 Å². The SMILES string of the molecule is O=c1cc2cccc3c4cccc5cc6ccc1c(c23)c6c54. The van der Waals surface area contributed by atoms with Gasteiger partial charge in [0.05, 0.1) is 0 Å². The fourth-order valence-electron chi connectivity index (χ4n) is 4.25. The maximum Gasteiger partial charge on any atom is 0.187 e. The van der Waals surface area contributed by atoms with Gasteiger partial charge < -0.3 is 0 Å². The van der Waals surface area contributed by atoms with Crippen LogP contribution in [0.4, 0.5) is 0 Å². The van der Waals surface area contributed by atoms with Crippen molar-refractivity contribution in [1.82, 2.24) is 0 Å². The van der Waals surface area contributed by atoms with E-state index in [1.165, 1.54) is 37.7 Å². The second-order valence-corrected chi connectivity index (χ2v) is 6.14. The predicted molar refractivity (Wildman–Crippen MR) is 93.8 cm³/mol. The third-order valence-corrected chi connectivity index (χ3v) is 5.08. The van der Waals surface area contributed by atoms with E-state index in [4.69, 9.17) is 0 Å². The molecule has 0 saturated carbocycles. The molecule has 0 saturated heterocycles. The average Bonchev–Trinajstić information content (AvgIpc) is 2.92. The van der Waals surface area contributed by atoms with Crippen molar-refractivity contribution in [1.29, 1.82) is 0 Å². The largest absolute Gasteiger partial charge is 0.289 e. The van der Waals surface area contributed by atoms with Crippen LogP contribution in [0.5, 0.6) is 0 Å². The van der Waals surface area contributed by atoms with Crippen LogP contribution in [-0.2, 0) is 0 Å². The highest BCUT2D eigenvalue weighted by Gasteiger charge is 2.18. The molecule has 100 valence electrons. The monoisotopic (exact) mass is 278 g/mol. The van der Waals surface area contributed by atoms with Crippen LogP contribution >= 0.6 is 0 Å². The van der Waals surface area contributed by atoms with Crippen molar-refractivity contribution in [2.75, 3.05) is 0 Å². The minimum Gasteiger partial charge on any atom is -0.289 e. The summed E-state index contributed by atoms with van der Waals surface area (Å²) < 4.78 is 0. The second-order valence-electron chi connectivity index (χ2n) is 6.14. The molecule has 6 aromatic rings. The molecule has 0 N–H and O–H groups in total. The molecule has 0 spiro atoms. The van der Waals surface area contributed by atoms with E-state index in [1.54, 1.807) is 6.07 Å². The summed E-state index contributed by atoms with van der Waals surface area (Å²) in [6, 6.07) is 20.9. The van der Waals surface area contributed by atoms with Crippen molar-refractivity contribution in [3.8, 4) is 0 Å². The molecular formula is C21H10O. The normalized spacial score (nSPS) is 12.7. The topological polar surface area (TPSA) is 17.1 Å². The van der Waals surface area contributed by atoms with Gasteiger partial charge in [-0.3, -0.25) is 4.79 Å². The Labute approximate surface area is 125 Å². The lowest BCUT2D eigenvalue weighted by Gasteiger charge is -2.13. The standard InChI is InChI=1S/C21H10O/c22-17-10-12-4-2-6-15-14-5-1-3-11-9-13-7-8-16(17)21(19(12)15)20(13)18(11)14/h1-10H. The molecule has 6 rings (SSSR count). The predicted octanol–water partition coefficient (Wildman–Crippen LogP) is 5.13. The summed E-state index contributed by atoms with van der Waals surface area (Å²) in [4.78, 5) is 12.5. The number of hydrogen-bond donors (Lipinski definition) is 0. The molecule has 1 heteroatoms. The van der Waals surface area contributed by atoms with Gasteiger partial charge in [0, 0.05) is 10.8 Å². The van der Waals surface area contributed by atoms with Crippen molar-refractivity contribution >= 4 is 53.9 Å². The molecule has 0 radical (unpaired) electrons. The Balaban J connectivity index is 2.24. The van der Waals surface area contributed by atoms with E-state index < -0.39 is 0 Å². The van der Waals surface area contributed by atoms with Gasteiger partial charge in [-0.25, -0.2) is 0 Å². The zero-order valence-corrected chi connectivity index (χ0v) is 11.7. The third kappa shape index (κ3) is 1.01. The summed E-state index contributed by atoms with van der Waals surface area (Å²) >= 11 is 0. The molecule has 6 aromatic carbocycles. The zero-order chi connectivity index (χ0) is 14.4. The van der Waals surface area contributed by atoms with Gasteiger partial charge in [0.15, 0.2) is 5.43 Å². The molecule has 0 aromatic heterocycles. The summed E-state index contributed by atoms with van der Waals surface area (Å²) in [6.07, 6.45) is 0. The minimum atomic E-state index is 0.121. The van der Waals surface area contributed by atoms with Crippen molar-refractivity contribution in [3.63, 3.8) is 0 Å². The van der Waals surface area contributed by atoms with Crippen LogP contribution in [0.1, 0.15) is 0 Å². The molecule has 0 unspecified atom stereocenters. The van der Waals surface area contributed by atoms with E-state index in [9.17, 15) is 4.79 Å². The molecule has 0 bridgehead atoms. The van der Waals surface area contributed by atoms with Crippen LogP contribution in [0, 0.1) is 0 Å². The van der Waals surface area contributed by atoms with Gasteiger partial charge in [-0.05, 0) is 61.3 Å². The lowest BCUT2D eigenvalue weighted by molar-refractivity contribution is 1.73. The van der Waals surface area contributed by atoms with Crippen molar-refractivity contribution in [2.24, 2.45) is 0 Å². The van der Waals surface area contributed by atoms with E-state index in [1.807, 2.05) is 12.1 Å². The first-order valence-electron chi connectivity index (χ1n) is 7.51. The van der Waals surface area contributed by atoms with Gasteiger partial charge in [-0.2, -0.15) is 0 Å². The first-order chi connectivity index (χ1) is 10.8. The van der Waals surface area contributed by atoms with Gasteiger partial charge >= 0.3 is 0 Å². The number of hydrogen-bond acceptors (Lipinski definition) is 1. The molecule has 0 aliphatic carbocycles. The number of benzene rings is 5. The van der Waals surface area contributed by atoms with Crippen molar-refractivity contribution in [2.45, 2.75) is 0 Å². The summed E-state index contributed by atoms with van der Waals surface area (Å²) in [7, 11) is 0. The van der Waals surface area contributed by atoms with E-state index in [0.717, 1.165) is 16.2 Å². The van der Waals surface area contributed by atoms with Crippen LogP contribution in [0.2, 0.25) is 0 Å². The van der Waals surface area contributed by atoms with Gasteiger partial charge in [-0.15, -0.1) is 0 Å². The second kappa shape index (κ2) is 3.28. The van der Waals surface area contributed by atoms with Gasteiger partial charge in [0.1, 0.15) is 0 Å². The lowest BCUT2D eigenvalue weighted by atomic mass is 9.89. The Morgan fingerprint density at radius 3 is 1.91 bits per heavy atom. The summed E-state index contributed by atoms with van der Waals surface area (Å²) in [5, 5.41) is 11.9. The molecular weight excluding hydrogens is 268 g/mol. The van der Waals surface area contributed by atoms with Gasteiger partial charge in [0.25, 0.3) is 0 Å². The maximum absolute atomic E-state index is 12.5. The van der Waals surface area contributed by atoms with Crippen LogP contribution < -0.4 is 5.43 Å².